The molecule has 0 unspecified atom stereocenters. The van der Waals surface area contributed by atoms with Crippen LogP contribution in [0.2, 0.25) is 0 Å². The van der Waals surface area contributed by atoms with Crippen LogP contribution in [0.1, 0.15) is 5.56 Å². The second-order valence-corrected chi connectivity index (χ2v) is 3.40. The van der Waals surface area contributed by atoms with Gasteiger partial charge in [-0.25, -0.2) is 4.98 Å². The smallest absolute Gasteiger partial charge is 0.311 e. The molecule has 85 valence electrons. The van der Waals surface area contributed by atoms with Gasteiger partial charge in [0.05, 0.1) is 11.1 Å². The second kappa shape index (κ2) is 5.07. The largest absolute Gasteiger partial charge is 0.360 e. The number of anilines is 1. The Bertz CT molecular complexity index is 514. The van der Waals surface area contributed by atoms with E-state index >= 15 is 0 Å². The topological polar surface area (TPSA) is 68.1 Å². The average molecular weight is 228 g/mol. The van der Waals surface area contributed by atoms with Gasteiger partial charge in [-0.1, -0.05) is 30.3 Å². The van der Waals surface area contributed by atoms with Crippen molar-refractivity contribution >= 4 is 11.5 Å². The quantitative estimate of drug-likeness (QED) is 0.644. The van der Waals surface area contributed by atoms with E-state index in [2.05, 4.69) is 16.5 Å². The van der Waals surface area contributed by atoms with Gasteiger partial charge < -0.3 is 5.32 Å². The van der Waals surface area contributed by atoms with Crippen molar-refractivity contribution in [2.24, 2.45) is 0 Å². The van der Waals surface area contributed by atoms with Crippen LogP contribution < -0.4 is 5.32 Å². The molecule has 0 aliphatic rings. The van der Waals surface area contributed by atoms with E-state index in [0.717, 1.165) is 5.56 Å². The van der Waals surface area contributed by atoms with Crippen molar-refractivity contribution in [3.8, 4) is 0 Å². The summed E-state index contributed by atoms with van der Waals surface area (Å²) in [6.07, 6.45) is 2.58. The minimum absolute atomic E-state index is 0.0420. The Morgan fingerprint density at radius 2 is 2.06 bits per heavy atom. The highest BCUT2D eigenvalue weighted by Gasteiger charge is 2.13. The molecule has 1 radical (unpaired) electrons. The molecule has 0 saturated heterocycles. The van der Waals surface area contributed by atoms with E-state index in [-0.39, 0.29) is 11.5 Å². The molecule has 0 aliphatic heterocycles. The Kier molecular flexibility index (Phi) is 3.30. The number of hydrogen-bond donors (Lipinski definition) is 1. The zero-order valence-electron chi connectivity index (χ0n) is 8.96. The Balaban J connectivity index is 2.12. The van der Waals surface area contributed by atoms with Crippen LogP contribution in [0.3, 0.4) is 0 Å². The summed E-state index contributed by atoms with van der Waals surface area (Å²) in [5, 5.41) is 13.7. The molecule has 0 atom stereocenters. The summed E-state index contributed by atoms with van der Waals surface area (Å²) in [6, 6.07) is 12.4. The standard InChI is InChI=1S/C12H10N3O2/c16-15(17)11-7-4-8-13-12(11)14-9-10-5-2-1-3-6-10/h1-7H,9H2,(H,13,14). The monoisotopic (exact) mass is 228 g/mol. The third kappa shape index (κ3) is 2.78. The lowest BCUT2D eigenvalue weighted by molar-refractivity contribution is -0.384. The van der Waals surface area contributed by atoms with Gasteiger partial charge in [0.15, 0.2) is 0 Å². The average Bonchev–Trinajstić information content (AvgIpc) is 2.38. The maximum atomic E-state index is 10.7. The predicted molar refractivity (Wildman–Crippen MR) is 63.5 cm³/mol. The van der Waals surface area contributed by atoms with Crippen molar-refractivity contribution in [3.05, 3.63) is 64.3 Å². The minimum atomic E-state index is -0.464. The first-order valence-electron chi connectivity index (χ1n) is 5.06. The first-order chi connectivity index (χ1) is 8.27. The van der Waals surface area contributed by atoms with E-state index in [4.69, 9.17) is 0 Å². The van der Waals surface area contributed by atoms with Crippen molar-refractivity contribution in [2.45, 2.75) is 6.54 Å². The van der Waals surface area contributed by atoms with E-state index in [1.807, 2.05) is 30.3 Å². The van der Waals surface area contributed by atoms with Crippen LogP contribution in [-0.4, -0.2) is 9.91 Å². The van der Waals surface area contributed by atoms with Crippen LogP contribution in [0, 0.1) is 16.3 Å². The van der Waals surface area contributed by atoms with E-state index in [1.165, 1.54) is 12.1 Å². The van der Waals surface area contributed by atoms with Crippen LogP contribution in [0.25, 0.3) is 0 Å². The molecule has 17 heavy (non-hydrogen) atoms. The van der Waals surface area contributed by atoms with Crippen LogP contribution >= 0.6 is 0 Å². The number of nitro groups is 1. The van der Waals surface area contributed by atoms with E-state index < -0.39 is 4.92 Å². The number of aromatic nitrogens is 1. The number of nitrogens with one attached hydrogen (secondary N) is 1. The predicted octanol–water partition coefficient (Wildman–Crippen LogP) is 2.40. The number of rotatable bonds is 4. The van der Waals surface area contributed by atoms with Gasteiger partial charge in [-0.2, -0.15) is 0 Å². The molecule has 0 aliphatic carbocycles. The fraction of sp³-hybridized carbons (Fsp3) is 0.0833. The molecule has 1 heterocycles. The summed E-state index contributed by atoms with van der Waals surface area (Å²) < 4.78 is 0. The fourth-order valence-corrected chi connectivity index (χ4v) is 1.41. The van der Waals surface area contributed by atoms with Gasteiger partial charge in [-0.3, -0.25) is 10.1 Å². The van der Waals surface area contributed by atoms with Gasteiger partial charge >= 0.3 is 5.69 Å². The molecule has 0 amide bonds. The third-order valence-corrected chi connectivity index (χ3v) is 2.23. The molecule has 5 nitrogen and oxygen atoms in total. The van der Waals surface area contributed by atoms with Gasteiger partial charge in [0.25, 0.3) is 0 Å². The summed E-state index contributed by atoms with van der Waals surface area (Å²) in [6.45, 7) is 0.493. The summed E-state index contributed by atoms with van der Waals surface area (Å²) >= 11 is 0. The lowest BCUT2D eigenvalue weighted by Crippen LogP contribution is -2.04. The minimum Gasteiger partial charge on any atom is -0.360 e. The summed E-state index contributed by atoms with van der Waals surface area (Å²) in [5.41, 5.74) is 0.993. The molecule has 2 rings (SSSR count). The van der Waals surface area contributed by atoms with Crippen molar-refractivity contribution in [1.29, 1.82) is 0 Å². The number of hydrogen-bond acceptors (Lipinski definition) is 4. The molecule has 0 saturated carbocycles. The Hall–Kier alpha value is -2.43. The van der Waals surface area contributed by atoms with Crippen molar-refractivity contribution < 1.29 is 4.92 Å². The van der Waals surface area contributed by atoms with E-state index in [1.54, 1.807) is 0 Å². The summed E-state index contributed by atoms with van der Waals surface area (Å²) in [5.74, 6) is 0.237. The van der Waals surface area contributed by atoms with Crippen molar-refractivity contribution in [1.82, 2.24) is 4.98 Å². The normalized spacial score (nSPS) is 9.88. The number of nitrogens with zero attached hydrogens (tertiary/aromatic N) is 2. The molecule has 5 heteroatoms. The molecule has 1 N–H and O–H groups in total. The highest BCUT2D eigenvalue weighted by Crippen LogP contribution is 2.20. The molecular weight excluding hydrogens is 218 g/mol. The van der Waals surface area contributed by atoms with Crippen LogP contribution in [-0.2, 0) is 6.54 Å². The summed E-state index contributed by atoms with van der Waals surface area (Å²) in [4.78, 5) is 14.1. The molecule has 1 aromatic heterocycles. The second-order valence-electron chi connectivity index (χ2n) is 3.40. The van der Waals surface area contributed by atoms with Crippen molar-refractivity contribution in [3.63, 3.8) is 0 Å². The molecule has 2 aromatic rings. The molecule has 1 aromatic carbocycles. The number of pyridine rings is 1. The van der Waals surface area contributed by atoms with Gasteiger partial charge in [0, 0.05) is 12.6 Å². The third-order valence-electron chi connectivity index (χ3n) is 2.23. The maximum Gasteiger partial charge on any atom is 0.311 e. The van der Waals surface area contributed by atoms with Crippen LogP contribution in [0.5, 0.6) is 0 Å². The molecule has 0 fully saturated rings. The first kappa shape index (κ1) is 11.1. The molecule has 0 bridgehead atoms. The Morgan fingerprint density at radius 3 is 2.76 bits per heavy atom. The maximum absolute atomic E-state index is 10.7. The number of benzene rings is 1. The fourth-order valence-electron chi connectivity index (χ4n) is 1.41. The summed E-state index contributed by atoms with van der Waals surface area (Å²) in [7, 11) is 0. The lowest BCUT2D eigenvalue weighted by atomic mass is 10.2. The zero-order valence-corrected chi connectivity index (χ0v) is 8.96. The van der Waals surface area contributed by atoms with Gasteiger partial charge in [-0.15, -0.1) is 0 Å². The highest BCUT2D eigenvalue weighted by atomic mass is 16.6. The van der Waals surface area contributed by atoms with Gasteiger partial charge in [0.1, 0.15) is 0 Å². The Morgan fingerprint density at radius 1 is 1.29 bits per heavy atom. The Labute approximate surface area is 98.3 Å². The van der Waals surface area contributed by atoms with E-state index in [9.17, 15) is 10.1 Å². The first-order valence-corrected chi connectivity index (χ1v) is 5.06. The van der Waals surface area contributed by atoms with Crippen molar-refractivity contribution in [2.75, 3.05) is 5.32 Å². The zero-order chi connectivity index (χ0) is 12.1. The molecule has 0 spiro atoms. The van der Waals surface area contributed by atoms with Gasteiger partial charge in [-0.05, 0) is 11.6 Å². The molecular formula is C12H10N3O2. The SMILES string of the molecule is O=[N+]([O-])c1cc[c]nc1NCc1ccccc1. The lowest BCUT2D eigenvalue weighted by Gasteiger charge is -2.05. The highest BCUT2D eigenvalue weighted by molar-refractivity contribution is 5.55. The van der Waals surface area contributed by atoms with Gasteiger partial charge in [0.2, 0.25) is 5.82 Å². The van der Waals surface area contributed by atoms with Crippen LogP contribution in [0.15, 0.2) is 42.5 Å². The van der Waals surface area contributed by atoms with E-state index in [0.29, 0.717) is 6.54 Å². The van der Waals surface area contributed by atoms with Crippen LogP contribution in [0.4, 0.5) is 11.5 Å².